The Hall–Kier alpha value is -3.07. The van der Waals surface area contributed by atoms with Crippen LogP contribution in [0.2, 0.25) is 0 Å². The second-order valence-corrected chi connectivity index (χ2v) is 8.55. The van der Waals surface area contributed by atoms with Gasteiger partial charge in [0.05, 0.1) is 18.7 Å². The van der Waals surface area contributed by atoms with Crippen LogP contribution in [-0.4, -0.2) is 44.6 Å². The van der Waals surface area contributed by atoms with Gasteiger partial charge in [0.25, 0.3) is 0 Å². The number of carbonyl (C=O) groups is 4. The van der Waals surface area contributed by atoms with Gasteiger partial charge in [-0.25, -0.2) is 14.7 Å². The average Bonchev–Trinajstić information content (AvgIpc) is 3.43. The molecule has 8 nitrogen and oxygen atoms in total. The molecular weight excluding hydrogens is 404 g/mol. The molecule has 0 atom stereocenters. The third kappa shape index (κ3) is 4.11. The van der Waals surface area contributed by atoms with Crippen molar-refractivity contribution in [1.29, 1.82) is 0 Å². The maximum Gasteiger partial charge on any atom is 0.334 e. The van der Waals surface area contributed by atoms with E-state index in [-0.39, 0.29) is 24.9 Å². The van der Waals surface area contributed by atoms with Crippen molar-refractivity contribution in [3.63, 3.8) is 0 Å². The Morgan fingerprint density at radius 3 is 2.53 bits per heavy atom. The van der Waals surface area contributed by atoms with E-state index in [0.717, 1.165) is 41.0 Å². The lowest BCUT2D eigenvalue weighted by Crippen LogP contribution is -2.39. The number of urea groups is 1. The fraction of sp³-hybridized carbons (Fsp3) is 0.381. The van der Waals surface area contributed by atoms with Crippen molar-refractivity contribution in [2.24, 2.45) is 0 Å². The Bertz CT molecular complexity index is 995. The molecule has 1 N–H and O–H groups in total. The molecule has 0 bridgehead atoms. The molecule has 1 aromatic carbocycles. The fourth-order valence-electron chi connectivity index (χ4n) is 3.79. The third-order valence-electron chi connectivity index (χ3n) is 5.34. The van der Waals surface area contributed by atoms with E-state index in [1.54, 1.807) is 5.38 Å². The lowest BCUT2D eigenvalue weighted by molar-refractivity contribution is -0.144. The normalized spacial score (nSPS) is 17.3. The molecule has 1 aliphatic heterocycles. The second-order valence-electron chi connectivity index (χ2n) is 7.61. The van der Waals surface area contributed by atoms with Crippen LogP contribution in [0.4, 0.5) is 10.5 Å². The molecule has 0 spiro atoms. The molecule has 4 rings (SSSR count). The van der Waals surface area contributed by atoms with Gasteiger partial charge in [-0.15, -0.1) is 11.3 Å². The number of nitrogens with one attached hydrogen (secondary N) is 1. The molecule has 9 heteroatoms. The topological polar surface area (TPSA) is 99.7 Å². The number of carbonyl (C=O) groups excluding carboxylic acids is 4. The minimum atomic E-state index is -0.807. The maximum atomic E-state index is 12.7. The molecule has 2 fully saturated rings. The van der Waals surface area contributed by atoms with Crippen LogP contribution < -0.4 is 5.32 Å². The monoisotopic (exact) mass is 426 g/mol. The van der Waals surface area contributed by atoms with Crippen molar-refractivity contribution in [2.75, 3.05) is 5.32 Å². The van der Waals surface area contributed by atoms with Gasteiger partial charge in [0.2, 0.25) is 5.91 Å². The Balaban J connectivity index is 1.37. The molecule has 1 aromatic heterocycles. The standard InChI is InChI=1S/C21H22N4O4S/c1-13-6-8-14(9-7-13)22-17(26)10-18-23-15(12-30-18)11-24-19(27)20(28)25(21(24)29)16-4-2-3-5-16/h6-9,12,16H,2-5,10-11H2,1H3,(H,22,26). The van der Waals surface area contributed by atoms with E-state index in [2.05, 4.69) is 10.3 Å². The molecule has 2 aliphatic rings. The van der Waals surface area contributed by atoms with Gasteiger partial charge in [0, 0.05) is 17.1 Å². The number of hydrogen-bond acceptors (Lipinski definition) is 6. The molecule has 1 saturated heterocycles. The van der Waals surface area contributed by atoms with Crippen molar-refractivity contribution < 1.29 is 19.2 Å². The smallest absolute Gasteiger partial charge is 0.326 e. The quantitative estimate of drug-likeness (QED) is 0.566. The minimum Gasteiger partial charge on any atom is -0.326 e. The number of benzene rings is 1. The summed E-state index contributed by atoms with van der Waals surface area (Å²) in [5, 5.41) is 5.10. The number of anilines is 1. The van der Waals surface area contributed by atoms with Crippen molar-refractivity contribution >= 4 is 40.8 Å². The summed E-state index contributed by atoms with van der Waals surface area (Å²) in [6.07, 6.45) is 3.49. The Kier molecular flexibility index (Phi) is 5.63. The summed E-state index contributed by atoms with van der Waals surface area (Å²) in [5.41, 5.74) is 2.30. The van der Waals surface area contributed by atoms with Gasteiger partial charge >= 0.3 is 17.8 Å². The molecule has 30 heavy (non-hydrogen) atoms. The summed E-state index contributed by atoms with van der Waals surface area (Å²) < 4.78 is 0. The molecule has 2 heterocycles. The zero-order valence-corrected chi connectivity index (χ0v) is 17.4. The number of nitrogens with zero attached hydrogens (tertiary/aromatic N) is 3. The van der Waals surface area contributed by atoms with Crippen LogP contribution in [0.1, 0.15) is 41.9 Å². The van der Waals surface area contributed by atoms with Gasteiger partial charge in [-0.1, -0.05) is 30.5 Å². The molecule has 156 valence electrons. The Morgan fingerprint density at radius 2 is 1.83 bits per heavy atom. The predicted molar refractivity (Wildman–Crippen MR) is 111 cm³/mol. The number of amides is 5. The first kappa shape index (κ1) is 20.2. The zero-order valence-electron chi connectivity index (χ0n) is 16.6. The number of aryl methyl sites for hydroxylation is 1. The first-order valence-electron chi connectivity index (χ1n) is 9.91. The zero-order chi connectivity index (χ0) is 21.3. The van der Waals surface area contributed by atoms with E-state index in [9.17, 15) is 19.2 Å². The van der Waals surface area contributed by atoms with E-state index in [0.29, 0.717) is 16.4 Å². The van der Waals surface area contributed by atoms with Crippen molar-refractivity contribution in [2.45, 2.75) is 51.6 Å². The third-order valence-corrected chi connectivity index (χ3v) is 6.24. The Morgan fingerprint density at radius 1 is 1.13 bits per heavy atom. The van der Waals surface area contributed by atoms with E-state index in [1.807, 2.05) is 31.2 Å². The number of aromatic nitrogens is 1. The van der Waals surface area contributed by atoms with Crippen LogP contribution in [-0.2, 0) is 27.3 Å². The minimum absolute atomic E-state index is 0.0668. The van der Waals surface area contributed by atoms with Crippen LogP contribution in [0.3, 0.4) is 0 Å². The summed E-state index contributed by atoms with van der Waals surface area (Å²) in [6.45, 7) is 1.90. The highest BCUT2D eigenvalue weighted by Crippen LogP contribution is 2.28. The summed E-state index contributed by atoms with van der Waals surface area (Å²) in [5.74, 6) is -1.76. The number of imide groups is 2. The van der Waals surface area contributed by atoms with Crippen molar-refractivity contribution in [3.05, 3.63) is 45.9 Å². The highest BCUT2D eigenvalue weighted by molar-refractivity contribution is 7.09. The van der Waals surface area contributed by atoms with Crippen molar-refractivity contribution in [3.8, 4) is 0 Å². The summed E-state index contributed by atoms with van der Waals surface area (Å²) in [6, 6.07) is 6.74. The Labute approximate surface area is 177 Å². The van der Waals surface area contributed by atoms with Crippen LogP contribution in [0, 0.1) is 6.92 Å². The van der Waals surface area contributed by atoms with Crippen LogP contribution in [0.15, 0.2) is 29.6 Å². The summed E-state index contributed by atoms with van der Waals surface area (Å²) in [4.78, 5) is 55.9. The SMILES string of the molecule is Cc1ccc(NC(=O)Cc2nc(CN3C(=O)C(=O)N(C4CCCC4)C3=O)cs2)cc1. The largest absolute Gasteiger partial charge is 0.334 e. The van der Waals surface area contributed by atoms with Gasteiger partial charge in [-0.3, -0.25) is 19.3 Å². The number of thiazole rings is 1. The highest BCUT2D eigenvalue weighted by Gasteiger charge is 2.48. The molecule has 5 amide bonds. The first-order valence-corrected chi connectivity index (χ1v) is 10.8. The van der Waals surface area contributed by atoms with E-state index < -0.39 is 17.8 Å². The first-order chi connectivity index (χ1) is 14.4. The van der Waals surface area contributed by atoms with Gasteiger partial charge in [-0.05, 0) is 31.9 Å². The second kappa shape index (κ2) is 8.35. The van der Waals surface area contributed by atoms with E-state index in [4.69, 9.17) is 0 Å². The molecule has 1 saturated carbocycles. The fourth-order valence-corrected chi connectivity index (χ4v) is 4.57. The van der Waals surface area contributed by atoms with Gasteiger partial charge < -0.3 is 5.32 Å². The summed E-state index contributed by atoms with van der Waals surface area (Å²) in [7, 11) is 0. The van der Waals surface area contributed by atoms with Gasteiger partial charge in [-0.2, -0.15) is 0 Å². The lowest BCUT2D eigenvalue weighted by Gasteiger charge is -2.20. The van der Waals surface area contributed by atoms with E-state index in [1.165, 1.54) is 11.3 Å². The van der Waals surface area contributed by atoms with Crippen LogP contribution >= 0.6 is 11.3 Å². The van der Waals surface area contributed by atoms with Crippen LogP contribution in [0.5, 0.6) is 0 Å². The van der Waals surface area contributed by atoms with Gasteiger partial charge in [0.15, 0.2) is 0 Å². The molecule has 2 aromatic rings. The van der Waals surface area contributed by atoms with E-state index >= 15 is 0 Å². The highest BCUT2D eigenvalue weighted by atomic mass is 32.1. The maximum absolute atomic E-state index is 12.7. The average molecular weight is 426 g/mol. The molecule has 0 unspecified atom stereocenters. The molecule has 1 aliphatic carbocycles. The lowest BCUT2D eigenvalue weighted by atomic mass is 10.2. The molecule has 0 radical (unpaired) electrons. The molecular formula is C21H22N4O4S. The number of hydrogen-bond donors (Lipinski definition) is 1. The summed E-state index contributed by atoms with van der Waals surface area (Å²) >= 11 is 1.28. The van der Waals surface area contributed by atoms with Crippen LogP contribution in [0.25, 0.3) is 0 Å². The van der Waals surface area contributed by atoms with Crippen molar-refractivity contribution in [1.82, 2.24) is 14.8 Å². The predicted octanol–water partition coefficient (Wildman–Crippen LogP) is 2.87. The van der Waals surface area contributed by atoms with Gasteiger partial charge in [0.1, 0.15) is 5.01 Å². The number of rotatable bonds is 6.